The lowest BCUT2D eigenvalue weighted by molar-refractivity contribution is 0.111. The fraction of sp³-hybridized carbons (Fsp3) is 0.500. The summed E-state index contributed by atoms with van der Waals surface area (Å²) in [5.41, 5.74) is 0.0997. The highest BCUT2D eigenvalue weighted by atomic mass is 32.2. The van der Waals surface area contributed by atoms with Gasteiger partial charge in [-0.1, -0.05) is 17.7 Å². The highest BCUT2D eigenvalue weighted by molar-refractivity contribution is 7.89. The van der Waals surface area contributed by atoms with Crippen LogP contribution in [-0.4, -0.2) is 25.2 Å². The van der Waals surface area contributed by atoms with Crippen molar-refractivity contribution in [3.8, 4) is 0 Å². The molecule has 0 radical (unpaired) electrons. The lowest BCUT2D eigenvalue weighted by Gasteiger charge is -2.28. The van der Waals surface area contributed by atoms with Gasteiger partial charge in [0.05, 0.1) is 16.5 Å². The molecule has 0 saturated carbocycles. The molecule has 1 rings (SSSR count). The minimum absolute atomic E-state index is 0.205. The minimum atomic E-state index is -3.59. The molecule has 4 nitrogen and oxygen atoms in total. The first kappa shape index (κ1) is 14.2. The van der Waals surface area contributed by atoms with Crippen molar-refractivity contribution in [2.45, 2.75) is 44.2 Å². The van der Waals surface area contributed by atoms with Gasteiger partial charge in [0.2, 0.25) is 10.0 Å². The van der Waals surface area contributed by atoms with Crippen LogP contribution in [0, 0.1) is 6.92 Å². The van der Waals surface area contributed by atoms with Crippen molar-refractivity contribution in [2.24, 2.45) is 0 Å². The van der Waals surface area contributed by atoms with Crippen LogP contribution in [0.5, 0.6) is 0 Å². The lowest BCUT2D eigenvalue weighted by atomic mass is 10.0. The van der Waals surface area contributed by atoms with Crippen molar-refractivity contribution in [3.63, 3.8) is 0 Å². The maximum atomic E-state index is 12.0. The van der Waals surface area contributed by atoms with Crippen molar-refractivity contribution in [1.82, 2.24) is 4.72 Å². The van der Waals surface area contributed by atoms with Gasteiger partial charge < -0.3 is 5.11 Å². The van der Waals surface area contributed by atoms with Crippen LogP contribution in [0.1, 0.15) is 26.3 Å². The van der Waals surface area contributed by atoms with E-state index in [9.17, 15) is 13.5 Å². The molecule has 0 aromatic heterocycles. The fourth-order valence-electron chi connectivity index (χ4n) is 1.21. The molecular formula is C12H19NO3S. The van der Waals surface area contributed by atoms with Crippen LogP contribution in [0.2, 0.25) is 0 Å². The average Bonchev–Trinajstić information content (AvgIpc) is 2.16. The second-order valence-corrected chi connectivity index (χ2v) is 6.50. The van der Waals surface area contributed by atoms with Gasteiger partial charge in [-0.15, -0.1) is 0 Å². The van der Waals surface area contributed by atoms with Gasteiger partial charge in [0.15, 0.2) is 0 Å². The third-order valence-electron chi connectivity index (χ3n) is 2.77. The van der Waals surface area contributed by atoms with E-state index in [1.54, 1.807) is 45.0 Å². The number of nitrogens with one attached hydrogen (secondary N) is 1. The zero-order chi connectivity index (χ0) is 13.3. The molecule has 17 heavy (non-hydrogen) atoms. The van der Waals surface area contributed by atoms with Crippen molar-refractivity contribution < 1.29 is 13.5 Å². The van der Waals surface area contributed by atoms with Crippen molar-refractivity contribution in [1.29, 1.82) is 0 Å². The molecular weight excluding hydrogens is 238 g/mol. The Labute approximate surface area is 103 Å². The first-order valence-electron chi connectivity index (χ1n) is 5.44. The molecule has 1 aromatic rings. The SMILES string of the molecule is Cc1ccc(S(=O)(=O)NC(C)(C)C(C)O)cc1. The lowest BCUT2D eigenvalue weighted by Crippen LogP contribution is -2.50. The molecule has 1 atom stereocenters. The molecule has 2 N–H and O–H groups in total. The number of rotatable bonds is 4. The van der Waals surface area contributed by atoms with E-state index in [0.29, 0.717) is 0 Å². The standard InChI is InChI=1S/C12H19NO3S/c1-9-5-7-11(8-6-9)17(15,16)13-12(3,4)10(2)14/h5-8,10,13-14H,1-4H3. The molecule has 0 aliphatic carbocycles. The quantitative estimate of drug-likeness (QED) is 0.857. The predicted octanol–water partition coefficient (Wildman–Crippen LogP) is 1.43. The molecule has 0 bridgehead atoms. The van der Waals surface area contributed by atoms with Gasteiger partial charge >= 0.3 is 0 Å². The normalized spacial score (nSPS) is 14.6. The molecule has 1 aromatic carbocycles. The van der Waals surface area contributed by atoms with Gasteiger partial charge in [-0.05, 0) is 39.8 Å². The Morgan fingerprint density at radius 1 is 1.24 bits per heavy atom. The summed E-state index contributed by atoms with van der Waals surface area (Å²) in [5.74, 6) is 0. The minimum Gasteiger partial charge on any atom is -0.391 e. The summed E-state index contributed by atoms with van der Waals surface area (Å²) in [6.45, 7) is 6.73. The summed E-state index contributed by atoms with van der Waals surface area (Å²) in [7, 11) is -3.59. The number of sulfonamides is 1. The zero-order valence-corrected chi connectivity index (χ0v) is 11.4. The van der Waals surface area contributed by atoms with Crippen LogP contribution in [0.15, 0.2) is 29.2 Å². The first-order valence-corrected chi connectivity index (χ1v) is 6.92. The van der Waals surface area contributed by atoms with Crippen LogP contribution in [0.3, 0.4) is 0 Å². The van der Waals surface area contributed by atoms with E-state index in [-0.39, 0.29) is 4.90 Å². The van der Waals surface area contributed by atoms with Gasteiger partial charge in [-0.2, -0.15) is 0 Å². The summed E-state index contributed by atoms with van der Waals surface area (Å²) >= 11 is 0. The highest BCUT2D eigenvalue weighted by Crippen LogP contribution is 2.16. The Hall–Kier alpha value is -0.910. The van der Waals surface area contributed by atoms with Gasteiger partial charge in [-0.25, -0.2) is 13.1 Å². The summed E-state index contributed by atoms with van der Waals surface area (Å²) in [4.78, 5) is 0.205. The summed E-state index contributed by atoms with van der Waals surface area (Å²) in [5, 5.41) is 9.51. The van der Waals surface area contributed by atoms with Crippen LogP contribution < -0.4 is 4.72 Å². The molecule has 0 spiro atoms. The molecule has 0 heterocycles. The van der Waals surface area contributed by atoms with E-state index in [1.165, 1.54) is 0 Å². The Balaban J connectivity index is 3.01. The largest absolute Gasteiger partial charge is 0.391 e. The first-order chi connectivity index (χ1) is 7.65. The molecule has 96 valence electrons. The second-order valence-electron chi connectivity index (χ2n) is 4.82. The van der Waals surface area contributed by atoms with E-state index in [4.69, 9.17) is 0 Å². The number of hydrogen-bond donors (Lipinski definition) is 2. The van der Waals surface area contributed by atoms with Gasteiger partial charge in [0, 0.05) is 0 Å². The summed E-state index contributed by atoms with van der Waals surface area (Å²) in [6.07, 6.45) is -0.775. The maximum absolute atomic E-state index is 12.0. The molecule has 0 aliphatic rings. The Bertz CT molecular complexity index is 475. The molecule has 5 heteroatoms. The van der Waals surface area contributed by atoms with Crippen LogP contribution in [-0.2, 0) is 10.0 Å². The Morgan fingerprint density at radius 2 is 1.71 bits per heavy atom. The topological polar surface area (TPSA) is 66.4 Å². The highest BCUT2D eigenvalue weighted by Gasteiger charge is 2.30. The monoisotopic (exact) mass is 257 g/mol. The number of aryl methyl sites for hydroxylation is 1. The van der Waals surface area contributed by atoms with Crippen molar-refractivity contribution in [3.05, 3.63) is 29.8 Å². The number of aliphatic hydroxyl groups is 1. The van der Waals surface area contributed by atoms with E-state index >= 15 is 0 Å². The Morgan fingerprint density at radius 3 is 2.12 bits per heavy atom. The van der Waals surface area contributed by atoms with Crippen LogP contribution in [0.25, 0.3) is 0 Å². The predicted molar refractivity (Wildman–Crippen MR) is 67.3 cm³/mol. The summed E-state index contributed by atoms with van der Waals surface area (Å²) < 4.78 is 26.6. The molecule has 0 aliphatic heterocycles. The van der Waals surface area contributed by atoms with E-state index in [2.05, 4.69) is 4.72 Å². The Kier molecular flexibility index (Phi) is 3.96. The number of hydrogen-bond acceptors (Lipinski definition) is 3. The van der Waals surface area contributed by atoms with Crippen LogP contribution >= 0.6 is 0 Å². The molecule has 0 amide bonds. The van der Waals surface area contributed by atoms with E-state index in [0.717, 1.165) is 5.56 Å². The molecule has 1 unspecified atom stereocenters. The molecule has 0 fully saturated rings. The number of aliphatic hydroxyl groups excluding tert-OH is 1. The number of benzene rings is 1. The molecule has 0 saturated heterocycles. The van der Waals surface area contributed by atoms with E-state index < -0.39 is 21.7 Å². The smallest absolute Gasteiger partial charge is 0.241 e. The average molecular weight is 257 g/mol. The zero-order valence-electron chi connectivity index (χ0n) is 10.6. The van der Waals surface area contributed by atoms with Gasteiger partial charge in [0.1, 0.15) is 0 Å². The van der Waals surface area contributed by atoms with Crippen LogP contribution in [0.4, 0.5) is 0 Å². The van der Waals surface area contributed by atoms with Gasteiger partial charge in [0.25, 0.3) is 0 Å². The fourth-order valence-corrected chi connectivity index (χ4v) is 2.68. The maximum Gasteiger partial charge on any atom is 0.241 e. The van der Waals surface area contributed by atoms with Crippen molar-refractivity contribution in [2.75, 3.05) is 0 Å². The second kappa shape index (κ2) is 4.76. The third kappa shape index (κ3) is 3.52. The third-order valence-corrected chi connectivity index (χ3v) is 4.46. The van der Waals surface area contributed by atoms with E-state index in [1.807, 2.05) is 6.92 Å². The van der Waals surface area contributed by atoms with Crippen molar-refractivity contribution >= 4 is 10.0 Å². The summed E-state index contributed by atoms with van der Waals surface area (Å²) in [6, 6.07) is 6.58. The van der Waals surface area contributed by atoms with Gasteiger partial charge in [-0.3, -0.25) is 0 Å².